The van der Waals surface area contributed by atoms with Crippen molar-refractivity contribution in [1.82, 2.24) is 9.80 Å². The van der Waals surface area contributed by atoms with Crippen LogP contribution in [0.15, 0.2) is 18.2 Å². The van der Waals surface area contributed by atoms with Gasteiger partial charge in [0.1, 0.15) is 6.10 Å². The fraction of sp³-hybridized carbons (Fsp3) is 0.650. The van der Waals surface area contributed by atoms with Gasteiger partial charge in [0.2, 0.25) is 6.79 Å². The van der Waals surface area contributed by atoms with E-state index in [0.29, 0.717) is 12.7 Å². The Hall–Kier alpha value is -1.79. The van der Waals surface area contributed by atoms with E-state index in [9.17, 15) is 4.79 Å². The zero-order valence-corrected chi connectivity index (χ0v) is 15.1. The number of hydrogen-bond donors (Lipinski definition) is 0. The van der Waals surface area contributed by atoms with E-state index in [1.54, 1.807) is 0 Å². The molecule has 4 heterocycles. The average Bonchev–Trinajstić information content (AvgIpc) is 3.40. The summed E-state index contributed by atoms with van der Waals surface area (Å²) in [4.78, 5) is 17.1. The maximum atomic E-state index is 12.6. The zero-order valence-electron chi connectivity index (χ0n) is 15.1. The van der Waals surface area contributed by atoms with Crippen molar-refractivity contribution in [3.63, 3.8) is 0 Å². The van der Waals surface area contributed by atoms with Crippen LogP contribution in [0.2, 0.25) is 0 Å². The van der Waals surface area contributed by atoms with Crippen molar-refractivity contribution in [2.75, 3.05) is 33.0 Å². The van der Waals surface area contributed by atoms with Gasteiger partial charge in [-0.2, -0.15) is 0 Å². The van der Waals surface area contributed by atoms with Crippen molar-refractivity contribution in [1.29, 1.82) is 0 Å². The molecule has 1 amide bonds. The summed E-state index contributed by atoms with van der Waals surface area (Å²) < 4.78 is 17.1. The SMILES string of the molecule is O=C([C@@H]1C[C@@H]2CCN(Cc3ccc4c(c3)OCO4)C[C@@H]2O1)N1CCCC1. The first-order valence-corrected chi connectivity index (χ1v) is 9.81. The maximum absolute atomic E-state index is 12.6. The van der Waals surface area contributed by atoms with Gasteiger partial charge < -0.3 is 19.1 Å². The van der Waals surface area contributed by atoms with Gasteiger partial charge in [-0.15, -0.1) is 0 Å². The topological polar surface area (TPSA) is 51.2 Å². The minimum absolute atomic E-state index is 0.189. The Morgan fingerprint density at radius 2 is 1.96 bits per heavy atom. The first kappa shape index (κ1) is 16.4. The minimum Gasteiger partial charge on any atom is -0.454 e. The number of likely N-dealkylation sites (tertiary alicyclic amines) is 2. The van der Waals surface area contributed by atoms with Gasteiger partial charge in [-0.1, -0.05) is 6.07 Å². The van der Waals surface area contributed by atoms with E-state index in [1.165, 1.54) is 5.56 Å². The van der Waals surface area contributed by atoms with Crippen molar-refractivity contribution in [2.45, 2.75) is 44.4 Å². The summed E-state index contributed by atoms with van der Waals surface area (Å²) in [6.45, 7) is 4.97. The van der Waals surface area contributed by atoms with E-state index in [1.807, 2.05) is 11.0 Å². The van der Waals surface area contributed by atoms with Gasteiger partial charge in [0.25, 0.3) is 5.91 Å². The highest BCUT2D eigenvalue weighted by atomic mass is 16.7. The summed E-state index contributed by atoms with van der Waals surface area (Å²) in [6, 6.07) is 6.17. The summed E-state index contributed by atoms with van der Waals surface area (Å²) in [5.74, 6) is 2.42. The predicted octanol–water partition coefficient (Wildman–Crippen LogP) is 2.02. The molecule has 3 saturated heterocycles. The molecule has 0 N–H and O–H groups in total. The molecule has 6 heteroatoms. The molecule has 1 aromatic carbocycles. The summed E-state index contributed by atoms with van der Waals surface area (Å²) in [6.07, 6.45) is 4.25. The van der Waals surface area contributed by atoms with Gasteiger partial charge in [0, 0.05) is 26.2 Å². The third kappa shape index (κ3) is 3.05. The summed E-state index contributed by atoms with van der Waals surface area (Å²) in [5, 5.41) is 0. The number of amides is 1. The van der Waals surface area contributed by atoms with Gasteiger partial charge in [-0.3, -0.25) is 9.69 Å². The zero-order chi connectivity index (χ0) is 17.5. The van der Waals surface area contributed by atoms with Crippen LogP contribution in [-0.4, -0.2) is 60.9 Å². The normalized spacial score (nSPS) is 30.6. The van der Waals surface area contributed by atoms with Crippen LogP contribution in [0, 0.1) is 5.92 Å². The van der Waals surface area contributed by atoms with Gasteiger partial charge in [-0.25, -0.2) is 0 Å². The quantitative estimate of drug-likeness (QED) is 0.827. The van der Waals surface area contributed by atoms with Crippen LogP contribution in [-0.2, 0) is 16.1 Å². The fourth-order valence-electron chi connectivity index (χ4n) is 4.74. The molecule has 26 heavy (non-hydrogen) atoms. The molecule has 0 unspecified atom stereocenters. The van der Waals surface area contributed by atoms with Crippen LogP contribution in [0.5, 0.6) is 11.5 Å². The Bertz CT molecular complexity index is 688. The van der Waals surface area contributed by atoms with E-state index in [-0.39, 0.29) is 18.1 Å². The smallest absolute Gasteiger partial charge is 0.251 e. The van der Waals surface area contributed by atoms with Crippen molar-refractivity contribution in [3.8, 4) is 11.5 Å². The molecule has 4 aliphatic rings. The number of carbonyl (C=O) groups excluding carboxylic acids is 1. The third-order valence-corrected chi connectivity index (χ3v) is 6.17. The molecule has 3 atom stereocenters. The standard InChI is InChI=1S/C20H26N2O4/c23-20(22-6-1-2-7-22)18-10-15-5-8-21(12-19(15)26-18)11-14-3-4-16-17(9-14)25-13-24-16/h3-4,9,15,18-19H,1-2,5-8,10-13H2/t15-,18-,19-/m0/s1. The Morgan fingerprint density at radius 1 is 1.12 bits per heavy atom. The lowest BCUT2D eigenvalue weighted by atomic mass is 9.91. The molecule has 5 rings (SSSR count). The third-order valence-electron chi connectivity index (χ3n) is 6.17. The molecule has 4 aliphatic heterocycles. The number of nitrogens with zero attached hydrogens (tertiary/aromatic N) is 2. The van der Waals surface area contributed by atoms with E-state index >= 15 is 0 Å². The second-order valence-electron chi connectivity index (χ2n) is 7.90. The van der Waals surface area contributed by atoms with Crippen LogP contribution < -0.4 is 9.47 Å². The van der Waals surface area contributed by atoms with Crippen molar-refractivity contribution < 1.29 is 19.0 Å². The van der Waals surface area contributed by atoms with Gasteiger partial charge in [-0.05, 0) is 55.8 Å². The average molecular weight is 358 g/mol. The number of ether oxygens (including phenoxy) is 3. The lowest BCUT2D eigenvalue weighted by Gasteiger charge is -2.34. The van der Waals surface area contributed by atoms with Crippen LogP contribution in [0.1, 0.15) is 31.2 Å². The Labute approximate surface area is 154 Å². The number of piperidine rings is 1. The second kappa shape index (κ2) is 6.74. The molecular formula is C20H26N2O4. The Morgan fingerprint density at radius 3 is 2.85 bits per heavy atom. The lowest BCUT2D eigenvalue weighted by Crippen LogP contribution is -2.42. The predicted molar refractivity (Wildman–Crippen MR) is 95.0 cm³/mol. The van der Waals surface area contributed by atoms with Gasteiger partial charge in [0.05, 0.1) is 6.10 Å². The Balaban J connectivity index is 1.19. The van der Waals surface area contributed by atoms with Crippen LogP contribution in [0.3, 0.4) is 0 Å². The Kier molecular flexibility index (Phi) is 4.25. The summed E-state index contributed by atoms with van der Waals surface area (Å²) in [5.41, 5.74) is 1.23. The van der Waals surface area contributed by atoms with E-state index in [4.69, 9.17) is 14.2 Å². The molecule has 1 aromatic rings. The number of benzene rings is 1. The number of hydrogen-bond acceptors (Lipinski definition) is 5. The fourth-order valence-corrected chi connectivity index (χ4v) is 4.74. The van der Waals surface area contributed by atoms with E-state index < -0.39 is 0 Å². The van der Waals surface area contributed by atoms with Crippen molar-refractivity contribution in [2.24, 2.45) is 5.92 Å². The molecule has 0 spiro atoms. The van der Waals surface area contributed by atoms with Crippen molar-refractivity contribution in [3.05, 3.63) is 23.8 Å². The molecular weight excluding hydrogens is 332 g/mol. The van der Waals surface area contributed by atoms with Crippen LogP contribution in [0.4, 0.5) is 0 Å². The van der Waals surface area contributed by atoms with Gasteiger partial charge in [0.15, 0.2) is 11.5 Å². The highest BCUT2D eigenvalue weighted by Gasteiger charge is 2.43. The van der Waals surface area contributed by atoms with Crippen LogP contribution in [0.25, 0.3) is 0 Å². The molecule has 0 aromatic heterocycles. The minimum atomic E-state index is -0.214. The summed E-state index contributed by atoms with van der Waals surface area (Å²) >= 11 is 0. The molecule has 140 valence electrons. The highest BCUT2D eigenvalue weighted by molar-refractivity contribution is 5.81. The summed E-state index contributed by atoms with van der Waals surface area (Å²) in [7, 11) is 0. The maximum Gasteiger partial charge on any atom is 0.251 e. The lowest BCUT2D eigenvalue weighted by molar-refractivity contribution is -0.142. The largest absolute Gasteiger partial charge is 0.454 e. The number of fused-ring (bicyclic) bond motifs is 2. The van der Waals surface area contributed by atoms with Crippen molar-refractivity contribution >= 4 is 5.91 Å². The highest BCUT2D eigenvalue weighted by Crippen LogP contribution is 2.36. The van der Waals surface area contributed by atoms with Gasteiger partial charge >= 0.3 is 0 Å². The number of rotatable bonds is 3. The monoisotopic (exact) mass is 358 g/mol. The molecule has 0 radical (unpaired) electrons. The van der Waals surface area contributed by atoms with E-state index in [2.05, 4.69) is 17.0 Å². The first-order chi connectivity index (χ1) is 12.8. The van der Waals surface area contributed by atoms with E-state index in [0.717, 1.165) is 69.9 Å². The molecule has 3 fully saturated rings. The molecule has 0 bridgehead atoms. The molecule has 6 nitrogen and oxygen atoms in total. The molecule has 0 saturated carbocycles. The second-order valence-corrected chi connectivity index (χ2v) is 7.90. The first-order valence-electron chi connectivity index (χ1n) is 9.81. The number of carbonyl (C=O) groups is 1. The van der Waals surface area contributed by atoms with Crippen LogP contribution >= 0.6 is 0 Å². The molecule has 0 aliphatic carbocycles.